The van der Waals surface area contributed by atoms with Crippen LogP contribution in [0, 0.1) is 0 Å². The molecule has 0 fully saturated rings. The van der Waals surface area contributed by atoms with Crippen LogP contribution in [0.4, 0.5) is 0 Å². The number of carbonyl (C=O) groups is 1. The zero-order chi connectivity index (χ0) is 8.27. The third-order valence-corrected chi connectivity index (χ3v) is 1.64. The predicted molar refractivity (Wildman–Crippen MR) is 41.5 cm³/mol. The van der Waals surface area contributed by atoms with Gasteiger partial charge < -0.3 is 10.1 Å². The highest BCUT2D eigenvalue weighted by molar-refractivity contribution is 5.87. The van der Waals surface area contributed by atoms with E-state index in [1.165, 1.54) is 7.11 Å². The van der Waals surface area contributed by atoms with Gasteiger partial charge in [-0.3, -0.25) is 4.99 Å². The molecule has 4 heteroatoms. The molecule has 62 valence electrons. The Morgan fingerprint density at radius 2 is 2.55 bits per heavy atom. The van der Waals surface area contributed by atoms with Crippen molar-refractivity contribution in [2.75, 3.05) is 13.7 Å². The Kier molecular flexibility index (Phi) is 2.46. The second-order valence-corrected chi connectivity index (χ2v) is 2.48. The van der Waals surface area contributed by atoms with Crippen LogP contribution in [0.3, 0.4) is 0 Å². The summed E-state index contributed by atoms with van der Waals surface area (Å²) >= 11 is 0. The van der Waals surface area contributed by atoms with Crippen molar-refractivity contribution in [3.8, 4) is 0 Å². The van der Waals surface area contributed by atoms with Crippen LogP contribution in [0.15, 0.2) is 4.99 Å². The van der Waals surface area contributed by atoms with Crippen molar-refractivity contribution >= 4 is 11.8 Å². The van der Waals surface area contributed by atoms with Gasteiger partial charge in [0.1, 0.15) is 6.04 Å². The lowest BCUT2D eigenvalue weighted by atomic mass is 10.2. The molecular weight excluding hydrogens is 144 g/mol. The number of nitrogens with zero attached hydrogens (tertiary/aromatic N) is 1. The standard InChI is InChI=1S/C7H12N2O2/c1-5-8-4-3-6(9-5)7(10)11-2/h6H,3-4H2,1-2H3,(H,8,9)/t6-/m1/s1. The summed E-state index contributed by atoms with van der Waals surface area (Å²) in [5.74, 6) is 0.603. The van der Waals surface area contributed by atoms with Crippen LogP contribution in [0.25, 0.3) is 0 Å². The van der Waals surface area contributed by atoms with E-state index in [9.17, 15) is 4.79 Å². The maximum atomic E-state index is 11.0. The van der Waals surface area contributed by atoms with E-state index in [4.69, 9.17) is 0 Å². The Morgan fingerprint density at radius 3 is 3.09 bits per heavy atom. The highest BCUT2D eigenvalue weighted by Gasteiger charge is 2.20. The molecule has 1 aliphatic heterocycles. The highest BCUT2D eigenvalue weighted by Crippen LogP contribution is 2.00. The van der Waals surface area contributed by atoms with Crippen LogP contribution in [0.1, 0.15) is 13.3 Å². The number of nitrogens with one attached hydrogen (secondary N) is 1. The minimum Gasteiger partial charge on any atom is -0.467 e. The molecule has 0 bridgehead atoms. The lowest BCUT2D eigenvalue weighted by molar-refractivity contribution is -0.142. The number of esters is 1. The van der Waals surface area contributed by atoms with Crippen LogP contribution >= 0.6 is 0 Å². The Balaban J connectivity index is 2.50. The quantitative estimate of drug-likeness (QED) is 0.541. The summed E-state index contributed by atoms with van der Waals surface area (Å²) < 4.78 is 4.58. The number of aliphatic imine (C=N–C) groups is 1. The molecule has 0 aliphatic carbocycles. The average molecular weight is 156 g/mol. The maximum Gasteiger partial charge on any atom is 0.328 e. The van der Waals surface area contributed by atoms with E-state index in [-0.39, 0.29) is 12.0 Å². The Labute approximate surface area is 65.6 Å². The third kappa shape index (κ3) is 1.93. The molecule has 0 spiro atoms. The molecule has 0 aromatic heterocycles. The van der Waals surface area contributed by atoms with E-state index in [0.29, 0.717) is 6.54 Å². The lowest BCUT2D eigenvalue weighted by Crippen LogP contribution is -2.43. The summed E-state index contributed by atoms with van der Waals surface area (Å²) in [5, 5.41) is 2.94. The van der Waals surface area contributed by atoms with E-state index >= 15 is 0 Å². The fourth-order valence-corrected chi connectivity index (χ4v) is 1.05. The normalized spacial score (nSPS) is 23.5. The van der Waals surface area contributed by atoms with Crippen molar-refractivity contribution in [3.05, 3.63) is 0 Å². The second-order valence-electron chi connectivity index (χ2n) is 2.48. The van der Waals surface area contributed by atoms with Gasteiger partial charge in [-0.2, -0.15) is 0 Å². The second kappa shape index (κ2) is 3.37. The third-order valence-electron chi connectivity index (χ3n) is 1.64. The summed E-state index contributed by atoms with van der Waals surface area (Å²) in [6.07, 6.45) is 0.726. The van der Waals surface area contributed by atoms with Gasteiger partial charge in [-0.05, 0) is 13.3 Å². The molecule has 4 nitrogen and oxygen atoms in total. The zero-order valence-corrected chi connectivity index (χ0v) is 6.76. The first kappa shape index (κ1) is 8.04. The van der Waals surface area contributed by atoms with Crippen LogP contribution in [-0.4, -0.2) is 31.5 Å². The molecule has 1 rings (SSSR count). The Hall–Kier alpha value is -1.06. The van der Waals surface area contributed by atoms with Crippen LogP contribution in [0.2, 0.25) is 0 Å². The van der Waals surface area contributed by atoms with Crippen molar-refractivity contribution in [2.45, 2.75) is 19.4 Å². The van der Waals surface area contributed by atoms with Crippen molar-refractivity contribution in [1.29, 1.82) is 0 Å². The average Bonchev–Trinajstić information content (AvgIpc) is 2.03. The number of rotatable bonds is 1. The first-order chi connectivity index (χ1) is 5.24. The monoisotopic (exact) mass is 156 g/mol. The summed E-state index contributed by atoms with van der Waals surface area (Å²) in [4.78, 5) is 15.1. The van der Waals surface area contributed by atoms with Gasteiger partial charge in [0.2, 0.25) is 0 Å². The van der Waals surface area contributed by atoms with Gasteiger partial charge in [-0.1, -0.05) is 0 Å². The maximum absolute atomic E-state index is 11.0. The smallest absolute Gasteiger partial charge is 0.328 e. The molecular formula is C7H12N2O2. The van der Waals surface area contributed by atoms with Crippen molar-refractivity contribution in [3.63, 3.8) is 0 Å². The largest absolute Gasteiger partial charge is 0.467 e. The molecule has 0 saturated carbocycles. The van der Waals surface area contributed by atoms with Gasteiger partial charge in [-0.25, -0.2) is 4.79 Å². The molecule has 1 N–H and O–H groups in total. The summed E-state index contributed by atoms with van der Waals surface area (Å²) in [5.41, 5.74) is 0. The first-order valence-electron chi connectivity index (χ1n) is 3.59. The molecule has 1 atom stereocenters. The fourth-order valence-electron chi connectivity index (χ4n) is 1.05. The predicted octanol–water partition coefficient (Wildman–Crippen LogP) is -0.0603. The highest BCUT2D eigenvalue weighted by atomic mass is 16.5. The zero-order valence-electron chi connectivity index (χ0n) is 6.76. The molecule has 0 saturated heterocycles. The van der Waals surface area contributed by atoms with Crippen molar-refractivity contribution in [2.24, 2.45) is 4.99 Å². The van der Waals surface area contributed by atoms with E-state index in [0.717, 1.165) is 12.3 Å². The molecule has 0 amide bonds. The molecule has 0 radical (unpaired) electrons. The van der Waals surface area contributed by atoms with E-state index in [1.807, 2.05) is 6.92 Å². The van der Waals surface area contributed by atoms with Crippen LogP contribution in [-0.2, 0) is 9.53 Å². The minimum atomic E-state index is -0.209. The molecule has 0 unspecified atom stereocenters. The summed E-state index contributed by atoms with van der Waals surface area (Å²) in [6.45, 7) is 2.55. The van der Waals surface area contributed by atoms with Crippen molar-refractivity contribution < 1.29 is 9.53 Å². The SMILES string of the molecule is COC(=O)[C@H]1CCN=C(C)N1. The molecule has 11 heavy (non-hydrogen) atoms. The van der Waals surface area contributed by atoms with Crippen molar-refractivity contribution in [1.82, 2.24) is 5.32 Å². The molecule has 0 aromatic carbocycles. The van der Waals surface area contributed by atoms with E-state index in [1.54, 1.807) is 0 Å². The van der Waals surface area contributed by atoms with E-state index in [2.05, 4.69) is 15.0 Å². The molecule has 1 aliphatic rings. The minimum absolute atomic E-state index is 0.197. The van der Waals surface area contributed by atoms with Crippen LogP contribution < -0.4 is 5.32 Å². The first-order valence-corrected chi connectivity index (χ1v) is 3.59. The summed E-state index contributed by atoms with van der Waals surface area (Å²) in [6, 6.07) is -0.197. The van der Waals surface area contributed by atoms with Crippen LogP contribution in [0.5, 0.6) is 0 Å². The Morgan fingerprint density at radius 1 is 1.82 bits per heavy atom. The molecule has 1 heterocycles. The van der Waals surface area contributed by atoms with E-state index < -0.39 is 0 Å². The van der Waals surface area contributed by atoms with Gasteiger partial charge in [0.25, 0.3) is 0 Å². The number of amidine groups is 1. The molecule has 0 aromatic rings. The van der Waals surface area contributed by atoms with Gasteiger partial charge in [0.05, 0.1) is 12.9 Å². The fraction of sp³-hybridized carbons (Fsp3) is 0.714. The number of hydrogen-bond acceptors (Lipinski definition) is 4. The Bertz CT molecular complexity index is 189. The number of methoxy groups -OCH3 is 1. The van der Waals surface area contributed by atoms with Gasteiger partial charge in [0, 0.05) is 6.54 Å². The number of hydrogen-bond donors (Lipinski definition) is 1. The summed E-state index contributed by atoms with van der Waals surface area (Å²) in [7, 11) is 1.39. The number of carbonyl (C=O) groups excluding carboxylic acids is 1. The van der Waals surface area contributed by atoms with Gasteiger partial charge >= 0.3 is 5.97 Å². The van der Waals surface area contributed by atoms with Gasteiger partial charge in [-0.15, -0.1) is 0 Å². The van der Waals surface area contributed by atoms with Gasteiger partial charge in [0.15, 0.2) is 0 Å². The topological polar surface area (TPSA) is 50.7 Å². The lowest BCUT2D eigenvalue weighted by Gasteiger charge is -2.20. The number of ether oxygens (including phenoxy) is 1.